The fourth-order valence-electron chi connectivity index (χ4n) is 4.74. The van der Waals surface area contributed by atoms with Crippen LogP contribution in [0.25, 0.3) is 33.5 Å². The zero-order chi connectivity index (χ0) is 23.9. The molecule has 0 spiro atoms. The molecule has 8 heteroatoms. The van der Waals surface area contributed by atoms with Gasteiger partial charge in [0, 0.05) is 5.56 Å². The van der Waals surface area contributed by atoms with Gasteiger partial charge in [0.1, 0.15) is 18.3 Å². The number of hydrogen-bond donors (Lipinski definition) is 1. The molecule has 4 aromatic rings. The Hall–Kier alpha value is -2.97. The van der Waals surface area contributed by atoms with Gasteiger partial charge in [-0.1, -0.05) is 66.2 Å². The number of hydrogen-bond acceptors (Lipinski definition) is 6. The molecule has 2 aromatic carbocycles. The Labute approximate surface area is 208 Å². The molecule has 0 unspecified atom stereocenters. The van der Waals surface area contributed by atoms with E-state index in [0.717, 1.165) is 16.7 Å². The quantitative estimate of drug-likeness (QED) is 0.395. The monoisotopic (exact) mass is 491 g/mol. The highest BCUT2D eigenvalue weighted by atomic mass is 35.5. The number of benzene rings is 2. The number of aromatic nitrogens is 3. The Morgan fingerprint density at radius 3 is 2.29 bits per heavy atom. The first-order chi connectivity index (χ1) is 17.0. The highest BCUT2D eigenvalue weighted by molar-refractivity contribution is 6.33. The number of nitrogens with zero attached hydrogens (tertiary/aromatic N) is 2. The summed E-state index contributed by atoms with van der Waals surface area (Å²) in [6.07, 6.45) is -0.574. The topological polar surface area (TPSA) is 78.5 Å². The minimum Gasteiger partial charge on any atom is -0.456 e. The average molecular weight is 492 g/mol. The minimum atomic E-state index is -0.276. The fraction of sp³-hybridized carbons (Fsp3) is 0.333. The van der Waals surface area contributed by atoms with E-state index < -0.39 is 0 Å². The molecular formula is C27H26ClN3O4. The largest absolute Gasteiger partial charge is 0.456 e. The number of rotatable bonds is 6. The molecule has 2 aromatic heterocycles. The van der Waals surface area contributed by atoms with Crippen LogP contribution in [0.1, 0.15) is 13.8 Å². The van der Waals surface area contributed by atoms with E-state index in [1.165, 1.54) is 0 Å². The molecule has 0 radical (unpaired) electrons. The summed E-state index contributed by atoms with van der Waals surface area (Å²) in [7, 11) is 0. The summed E-state index contributed by atoms with van der Waals surface area (Å²) < 4.78 is 23.9. The van der Waals surface area contributed by atoms with Gasteiger partial charge in [-0.2, -0.15) is 4.98 Å². The predicted molar refractivity (Wildman–Crippen MR) is 134 cm³/mol. The van der Waals surface area contributed by atoms with Crippen molar-refractivity contribution in [1.82, 2.24) is 15.0 Å². The first kappa shape index (κ1) is 22.5. The van der Waals surface area contributed by atoms with Crippen LogP contribution in [0, 0.1) is 0 Å². The van der Waals surface area contributed by atoms with E-state index >= 15 is 0 Å². The molecule has 2 aliphatic rings. The van der Waals surface area contributed by atoms with Gasteiger partial charge in [0.25, 0.3) is 6.01 Å². The zero-order valence-electron chi connectivity index (χ0n) is 19.5. The van der Waals surface area contributed by atoms with Gasteiger partial charge in [0.05, 0.1) is 35.6 Å². The number of aromatic amines is 1. The molecular weight excluding hydrogens is 466 g/mol. The summed E-state index contributed by atoms with van der Waals surface area (Å²) >= 11 is 6.60. The number of nitrogens with one attached hydrogen (secondary N) is 1. The van der Waals surface area contributed by atoms with E-state index in [1.54, 1.807) is 0 Å². The smallest absolute Gasteiger partial charge is 0.296 e. The second kappa shape index (κ2) is 9.24. The van der Waals surface area contributed by atoms with Crippen LogP contribution in [0.15, 0.2) is 60.7 Å². The van der Waals surface area contributed by atoms with Crippen LogP contribution in [-0.2, 0) is 14.2 Å². The van der Waals surface area contributed by atoms with Crippen LogP contribution in [0.2, 0.25) is 5.02 Å². The fourth-order valence-corrected chi connectivity index (χ4v) is 5.01. The van der Waals surface area contributed by atoms with Crippen LogP contribution in [-0.4, -0.2) is 58.7 Å². The summed E-state index contributed by atoms with van der Waals surface area (Å²) in [6, 6.07) is 20.6. The summed E-state index contributed by atoms with van der Waals surface area (Å²) in [5.74, 6) is 0. The predicted octanol–water partition coefficient (Wildman–Crippen LogP) is 5.28. The molecule has 4 heterocycles. The van der Waals surface area contributed by atoms with E-state index in [1.807, 2.05) is 50.2 Å². The van der Waals surface area contributed by atoms with Crippen molar-refractivity contribution in [2.45, 2.75) is 44.4 Å². The Bertz CT molecular complexity index is 1330. The maximum atomic E-state index is 6.60. The van der Waals surface area contributed by atoms with Crippen molar-refractivity contribution in [2.75, 3.05) is 13.2 Å². The lowest BCUT2D eigenvalue weighted by Crippen LogP contribution is -2.36. The summed E-state index contributed by atoms with van der Waals surface area (Å²) in [5.41, 5.74) is 5.13. The van der Waals surface area contributed by atoms with E-state index in [-0.39, 0.29) is 30.5 Å². The Morgan fingerprint density at radius 1 is 0.886 bits per heavy atom. The Balaban J connectivity index is 1.21. The number of fused-ring (bicyclic) bond motifs is 2. The van der Waals surface area contributed by atoms with Gasteiger partial charge in [-0.25, -0.2) is 4.98 Å². The molecule has 2 aliphatic heterocycles. The highest BCUT2D eigenvalue weighted by Crippen LogP contribution is 2.34. The number of imidazole rings is 1. The molecule has 7 nitrogen and oxygen atoms in total. The molecule has 4 atom stereocenters. The maximum absolute atomic E-state index is 6.60. The normalized spacial score (nSPS) is 23.8. The maximum Gasteiger partial charge on any atom is 0.296 e. The molecule has 2 fully saturated rings. The van der Waals surface area contributed by atoms with Gasteiger partial charge in [0.2, 0.25) is 0 Å². The van der Waals surface area contributed by atoms with Crippen molar-refractivity contribution in [1.29, 1.82) is 0 Å². The molecule has 6 rings (SSSR count). The molecule has 35 heavy (non-hydrogen) atoms. The number of pyridine rings is 1. The van der Waals surface area contributed by atoms with E-state index in [9.17, 15) is 0 Å². The van der Waals surface area contributed by atoms with Crippen molar-refractivity contribution >= 4 is 22.8 Å². The molecule has 0 aliphatic carbocycles. The lowest BCUT2D eigenvalue weighted by Gasteiger charge is -2.19. The molecule has 0 saturated carbocycles. The second-order valence-corrected chi connectivity index (χ2v) is 9.56. The van der Waals surface area contributed by atoms with Crippen LogP contribution in [0.4, 0.5) is 0 Å². The van der Waals surface area contributed by atoms with Gasteiger partial charge in [-0.3, -0.25) is 0 Å². The minimum absolute atomic E-state index is 0.0828. The third kappa shape index (κ3) is 4.41. The van der Waals surface area contributed by atoms with Gasteiger partial charge < -0.3 is 23.9 Å². The van der Waals surface area contributed by atoms with Crippen molar-refractivity contribution < 1.29 is 18.9 Å². The van der Waals surface area contributed by atoms with Crippen molar-refractivity contribution in [3.8, 4) is 28.4 Å². The Kier molecular flexibility index (Phi) is 5.94. The van der Waals surface area contributed by atoms with Crippen LogP contribution in [0.3, 0.4) is 0 Å². The third-order valence-electron chi connectivity index (χ3n) is 6.34. The van der Waals surface area contributed by atoms with Crippen LogP contribution >= 0.6 is 11.6 Å². The molecule has 2 saturated heterocycles. The van der Waals surface area contributed by atoms with Crippen molar-refractivity contribution in [3.63, 3.8) is 0 Å². The van der Waals surface area contributed by atoms with E-state index in [0.29, 0.717) is 41.1 Å². The highest BCUT2D eigenvalue weighted by Gasteiger charge is 2.50. The number of ether oxygens (including phenoxy) is 4. The van der Waals surface area contributed by atoms with E-state index in [4.69, 9.17) is 35.5 Å². The van der Waals surface area contributed by atoms with Gasteiger partial charge >= 0.3 is 0 Å². The lowest BCUT2D eigenvalue weighted by atomic mass is 10.0. The standard InChI is InChI=1S/C27H26ClN3O4/c1-15(2)34-21-13-32-25-22(14-33-24(21)25)35-27-29-20-12-19(28)23(30-26(20)31-27)18-10-8-17(9-11-18)16-6-4-3-5-7-16/h3-12,15,21-22,24-25H,13-14H2,1-2H3,(H,29,30,31)/t21-,22-,24-,25-/m1/s1. The third-order valence-corrected chi connectivity index (χ3v) is 6.63. The van der Waals surface area contributed by atoms with Crippen molar-refractivity contribution in [2.24, 2.45) is 0 Å². The first-order valence-corrected chi connectivity index (χ1v) is 12.2. The molecule has 0 amide bonds. The van der Waals surface area contributed by atoms with Crippen LogP contribution in [0.5, 0.6) is 6.01 Å². The zero-order valence-corrected chi connectivity index (χ0v) is 20.2. The summed E-state index contributed by atoms with van der Waals surface area (Å²) in [5, 5.41) is 0.539. The Morgan fingerprint density at radius 2 is 1.54 bits per heavy atom. The average Bonchev–Trinajstić information content (AvgIpc) is 3.55. The SMILES string of the molecule is CC(C)O[C@@H]1CO[C@H]2[C@@H]1OC[C@H]2Oc1nc2nc(-c3ccc(-c4ccccc4)cc3)c(Cl)cc2[nH]1. The second-order valence-electron chi connectivity index (χ2n) is 9.15. The number of H-pyrrole nitrogens is 1. The first-order valence-electron chi connectivity index (χ1n) is 11.8. The van der Waals surface area contributed by atoms with Gasteiger partial charge in [-0.15, -0.1) is 0 Å². The summed E-state index contributed by atoms with van der Waals surface area (Å²) in [4.78, 5) is 12.5. The van der Waals surface area contributed by atoms with E-state index in [2.05, 4.69) is 34.2 Å². The molecule has 0 bridgehead atoms. The lowest BCUT2D eigenvalue weighted by molar-refractivity contribution is -0.0600. The van der Waals surface area contributed by atoms with Crippen LogP contribution < -0.4 is 4.74 Å². The molecule has 180 valence electrons. The van der Waals surface area contributed by atoms with Gasteiger partial charge in [0.15, 0.2) is 11.8 Å². The molecule has 1 N–H and O–H groups in total. The summed E-state index contributed by atoms with van der Waals surface area (Å²) in [6.45, 7) is 4.93. The number of halogens is 1. The van der Waals surface area contributed by atoms with Gasteiger partial charge in [-0.05, 0) is 31.0 Å². The van der Waals surface area contributed by atoms with Crippen molar-refractivity contribution in [3.05, 3.63) is 65.7 Å².